The van der Waals surface area contributed by atoms with Crippen LogP contribution in [-0.4, -0.2) is 16.7 Å². The number of phenolic OH excluding ortho intramolecular Hbond substituents is 1. The van der Waals surface area contributed by atoms with E-state index in [1.54, 1.807) is 18.2 Å². The highest BCUT2D eigenvalue weighted by molar-refractivity contribution is 6.06. The summed E-state index contributed by atoms with van der Waals surface area (Å²) in [6, 6.07) is 10.6. The standard InChI is InChI=1S/C15H14N2O2/c1-2-19-10-4-6-13-12(8-10)15(16)11-5-3-9(18)7-14(11)17-13/h3-8,18H,2H2,1H3,(H2,16,17). The molecule has 0 spiro atoms. The molecule has 4 heteroatoms. The van der Waals surface area contributed by atoms with Gasteiger partial charge in [0.2, 0.25) is 0 Å². The summed E-state index contributed by atoms with van der Waals surface area (Å²) in [5, 5.41) is 11.2. The number of benzene rings is 2. The molecule has 2 aromatic carbocycles. The van der Waals surface area contributed by atoms with Crippen LogP contribution in [0, 0.1) is 0 Å². The van der Waals surface area contributed by atoms with E-state index in [1.165, 1.54) is 0 Å². The first-order chi connectivity index (χ1) is 9.19. The van der Waals surface area contributed by atoms with Crippen LogP contribution in [0.4, 0.5) is 5.69 Å². The van der Waals surface area contributed by atoms with Crippen molar-refractivity contribution in [2.24, 2.45) is 0 Å². The Balaban J connectivity index is 2.33. The summed E-state index contributed by atoms with van der Waals surface area (Å²) in [6.07, 6.45) is 0. The Kier molecular flexibility index (Phi) is 2.63. The topological polar surface area (TPSA) is 68.4 Å². The van der Waals surface area contributed by atoms with Gasteiger partial charge in [-0.1, -0.05) is 0 Å². The SMILES string of the molecule is CCOc1ccc2nc3cc(O)ccc3c(N)c2c1. The Morgan fingerprint density at radius 2 is 1.95 bits per heavy atom. The Labute approximate surface area is 110 Å². The second-order valence-electron chi connectivity index (χ2n) is 4.34. The Hall–Kier alpha value is -2.49. The van der Waals surface area contributed by atoms with E-state index in [0.717, 1.165) is 22.0 Å². The molecule has 0 aliphatic heterocycles. The van der Waals surface area contributed by atoms with Gasteiger partial charge in [-0.25, -0.2) is 4.98 Å². The highest BCUT2D eigenvalue weighted by Gasteiger charge is 2.08. The molecule has 3 N–H and O–H groups in total. The summed E-state index contributed by atoms with van der Waals surface area (Å²) in [5.41, 5.74) is 8.33. The first kappa shape index (κ1) is 11.6. The zero-order chi connectivity index (χ0) is 13.4. The number of nitrogen functional groups attached to an aromatic ring is 1. The lowest BCUT2D eigenvalue weighted by atomic mass is 10.1. The van der Waals surface area contributed by atoms with E-state index in [1.807, 2.05) is 25.1 Å². The van der Waals surface area contributed by atoms with Gasteiger partial charge in [0.1, 0.15) is 11.5 Å². The summed E-state index contributed by atoms with van der Waals surface area (Å²) in [7, 11) is 0. The van der Waals surface area contributed by atoms with Gasteiger partial charge < -0.3 is 15.6 Å². The molecule has 0 bridgehead atoms. The molecule has 0 aliphatic rings. The molecule has 0 amide bonds. The van der Waals surface area contributed by atoms with Crippen LogP contribution < -0.4 is 10.5 Å². The van der Waals surface area contributed by atoms with Crippen LogP contribution in [0.2, 0.25) is 0 Å². The number of nitrogens with zero attached hydrogens (tertiary/aromatic N) is 1. The van der Waals surface area contributed by atoms with Crippen molar-refractivity contribution in [3.63, 3.8) is 0 Å². The molecule has 4 nitrogen and oxygen atoms in total. The third-order valence-electron chi connectivity index (χ3n) is 3.08. The highest BCUT2D eigenvalue weighted by Crippen LogP contribution is 2.32. The average molecular weight is 254 g/mol. The predicted molar refractivity (Wildman–Crippen MR) is 76.5 cm³/mol. The minimum Gasteiger partial charge on any atom is -0.508 e. The minimum absolute atomic E-state index is 0.185. The van der Waals surface area contributed by atoms with Crippen LogP contribution in [0.15, 0.2) is 36.4 Å². The lowest BCUT2D eigenvalue weighted by Gasteiger charge is -2.09. The lowest BCUT2D eigenvalue weighted by Crippen LogP contribution is -1.95. The van der Waals surface area contributed by atoms with Gasteiger partial charge >= 0.3 is 0 Å². The molecule has 3 rings (SSSR count). The van der Waals surface area contributed by atoms with Gasteiger partial charge in [0.15, 0.2) is 0 Å². The molecule has 19 heavy (non-hydrogen) atoms. The molecular formula is C15H14N2O2. The molecule has 3 aromatic rings. The number of aromatic hydroxyl groups is 1. The van der Waals surface area contributed by atoms with Crippen molar-refractivity contribution in [1.82, 2.24) is 4.98 Å². The molecule has 0 aliphatic carbocycles. The van der Waals surface area contributed by atoms with Crippen LogP contribution in [0.25, 0.3) is 21.8 Å². The van der Waals surface area contributed by atoms with Crippen molar-refractivity contribution < 1.29 is 9.84 Å². The maximum Gasteiger partial charge on any atom is 0.120 e. The number of phenols is 1. The lowest BCUT2D eigenvalue weighted by molar-refractivity contribution is 0.341. The molecule has 0 atom stereocenters. The second-order valence-corrected chi connectivity index (χ2v) is 4.34. The first-order valence-electron chi connectivity index (χ1n) is 6.14. The van der Waals surface area contributed by atoms with Crippen LogP contribution in [0.5, 0.6) is 11.5 Å². The zero-order valence-corrected chi connectivity index (χ0v) is 10.6. The number of aromatic nitrogens is 1. The fourth-order valence-electron chi connectivity index (χ4n) is 2.20. The molecule has 0 saturated heterocycles. The van der Waals surface area contributed by atoms with Crippen molar-refractivity contribution >= 4 is 27.5 Å². The van der Waals surface area contributed by atoms with Crippen LogP contribution in [0.3, 0.4) is 0 Å². The minimum atomic E-state index is 0.185. The van der Waals surface area contributed by atoms with E-state index in [9.17, 15) is 5.11 Å². The van der Waals surface area contributed by atoms with Crippen molar-refractivity contribution in [3.05, 3.63) is 36.4 Å². The highest BCUT2D eigenvalue weighted by atomic mass is 16.5. The maximum absolute atomic E-state index is 9.51. The number of hydrogen-bond acceptors (Lipinski definition) is 4. The molecule has 1 aromatic heterocycles. The van der Waals surface area contributed by atoms with E-state index in [4.69, 9.17) is 10.5 Å². The number of fused-ring (bicyclic) bond motifs is 2. The van der Waals surface area contributed by atoms with E-state index < -0.39 is 0 Å². The summed E-state index contributed by atoms with van der Waals surface area (Å²) < 4.78 is 5.48. The quantitative estimate of drug-likeness (QED) is 0.689. The fourth-order valence-corrected chi connectivity index (χ4v) is 2.20. The largest absolute Gasteiger partial charge is 0.508 e. The van der Waals surface area contributed by atoms with Crippen molar-refractivity contribution in [2.45, 2.75) is 6.92 Å². The molecule has 0 radical (unpaired) electrons. The number of hydrogen-bond donors (Lipinski definition) is 2. The van der Waals surface area contributed by atoms with Gasteiger partial charge in [-0.3, -0.25) is 0 Å². The number of pyridine rings is 1. The molecular weight excluding hydrogens is 240 g/mol. The number of ether oxygens (including phenoxy) is 1. The molecule has 0 fully saturated rings. The molecule has 96 valence electrons. The van der Waals surface area contributed by atoms with Crippen molar-refractivity contribution in [1.29, 1.82) is 0 Å². The van der Waals surface area contributed by atoms with Gasteiger partial charge in [0.25, 0.3) is 0 Å². The van der Waals surface area contributed by atoms with Gasteiger partial charge in [0, 0.05) is 16.8 Å². The van der Waals surface area contributed by atoms with E-state index in [-0.39, 0.29) is 5.75 Å². The summed E-state index contributed by atoms with van der Waals surface area (Å²) in [6.45, 7) is 2.55. The van der Waals surface area contributed by atoms with E-state index in [2.05, 4.69) is 4.98 Å². The normalized spacial score (nSPS) is 11.0. The molecule has 0 unspecified atom stereocenters. The smallest absolute Gasteiger partial charge is 0.120 e. The Morgan fingerprint density at radius 3 is 2.74 bits per heavy atom. The summed E-state index contributed by atoms with van der Waals surface area (Å²) in [5.74, 6) is 0.964. The third-order valence-corrected chi connectivity index (χ3v) is 3.08. The predicted octanol–water partition coefficient (Wildman–Crippen LogP) is 3.07. The third kappa shape index (κ3) is 1.91. The average Bonchev–Trinajstić information content (AvgIpc) is 2.40. The van der Waals surface area contributed by atoms with Gasteiger partial charge in [-0.15, -0.1) is 0 Å². The van der Waals surface area contributed by atoms with Gasteiger partial charge in [-0.2, -0.15) is 0 Å². The van der Waals surface area contributed by atoms with Crippen LogP contribution >= 0.6 is 0 Å². The Bertz CT molecular complexity index is 769. The van der Waals surface area contributed by atoms with Crippen LogP contribution in [0.1, 0.15) is 6.92 Å². The molecule has 0 saturated carbocycles. The number of anilines is 1. The van der Waals surface area contributed by atoms with Crippen molar-refractivity contribution in [2.75, 3.05) is 12.3 Å². The number of rotatable bonds is 2. The first-order valence-corrected chi connectivity index (χ1v) is 6.14. The van der Waals surface area contributed by atoms with Crippen LogP contribution in [-0.2, 0) is 0 Å². The van der Waals surface area contributed by atoms with E-state index in [0.29, 0.717) is 17.8 Å². The van der Waals surface area contributed by atoms with Gasteiger partial charge in [-0.05, 0) is 37.3 Å². The maximum atomic E-state index is 9.51. The second kappa shape index (κ2) is 4.31. The zero-order valence-electron chi connectivity index (χ0n) is 10.6. The van der Waals surface area contributed by atoms with Crippen molar-refractivity contribution in [3.8, 4) is 11.5 Å². The fraction of sp³-hybridized carbons (Fsp3) is 0.133. The Morgan fingerprint density at radius 1 is 1.11 bits per heavy atom. The molecule has 1 heterocycles. The summed E-state index contributed by atoms with van der Waals surface area (Å²) >= 11 is 0. The number of nitrogens with two attached hydrogens (primary N) is 1. The van der Waals surface area contributed by atoms with Gasteiger partial charge in [0.05, 0.1) is 23.3 Å². The van der Waals surface area contributed by atoms with E-state index >= 15 is 0 Å². The summed E-state index contributed by atoms with van der Waals surface area (Å²) in [4.78, 5) is 4.51. The monoisotopic (exact) mass is 254 g/mol.